The Kier molecular flexibility index (Phi) is 7.06. The summed E-state index contributed by atoms with van der Waals surface area (Å²) in [6.07, 6.45) is 2.85. The minimum atomic E-state index is -0.842. The molecule has 0 fully saturated rings. The second-order valence-corrected chi connectivity index (χ2v) is 8.55. The van der Waals surface area contributed by atoms with Crippen molar-refractivity contribution in [2.24, 2.45) is 5.41 Å². The number of hydrogen-bond donors (Lipinski definition) is 1. The number of carboxylic acids is 1. The molecule has 0 aromatic heterocycles. The second kappa shape index (κ2) is 8.95. The maximum Gasteiger partial charge on any atom is 0.342 e. The van der Waals surface area contributed by atoms with Crippen LogP contribution in [0.3, 0.4) is 0 Å². The van der Waals surface area contributed by atoms with Gasteiger partial charge in [-0.3, -0.25) is 4.79 Å². The fourth-order valence-corrected chi connectivity index (χ4v) is 3.13. The Morgan fingerprint density at radius 2 is 1.93 bits per heavy atom. The lowest BCUT2D eigenvalue weighted by Gasteiger charge is -2.24. The topological polar surface area (TPSA) is 82.1 Å². The maximum atomic E-state index is 12.5. The monoisotopic (exact) mass is 420 g/mol. The predicted molar refractivity (Wildman–Crippen MR) is 114 cm³/mol. The molecule has 1 heterocycles. The van der Waals surface area contributed by atoms with E-state index in [0.29, 0.717) is 40.5 Å². The van der Waals surface area contributed by atoms with Crippen molar-refractivity contribution >= 4 is 29.2 Å². The molecule has 0 bridgehead atoms. The molecule has 0 atom stereocenters. The molecular formula is C22H28O6S. The third-order valence-corrected chi connectivity index (χ3v) is 5.52. The van der Waals surface area contributed by atoms with Gasteiger partial charge in [0.2, 0.25) is 0 Å². The third-order valence-electron chi connectivity index (χ3n) is 4.82. The van der Waals surface area contributed by atoms with Gasteiger partial charge in [0.15, 0.2) is 5.05 Å². The van der Waals surface area contributed by atoms with Crippen molar-refractivity contribution in [3.63, 3.8) is 0 Å². The van der Waals surface area contributed by atoms with E-state index in [1.807, 2.05) is 40.7 Å². The summed E-state index contributed by atoms with van der Waals surface area (Å²) in [6.45, 7) is 9.75. The lowest BCUT2D eigenvalue weighted by atomic mass is 9.94. The van der Waals surface area contributed by atoms with Crippen molar-refractivity contribution in [1.82, 2.24) is 0 Å². The van der Waals surface area contributed by atoms with Gasteiger partial charge in [-0.1, -0.05) is 32.4 Å². The molecule has 0 radical (unpaired) electrons. The number of carbonyl (C=O) groups excluding carboxylic acids is 1. The van der Waals surface area contributed by atoms with Gasteiger partial charge in [-0.15, -0.1) is 0 Å². The standard InChI is InChI=1S/C22H28O6S/c1-12(8-10-16(23)24)7-9-14-18(26-6)13(2)15-11-27-20(25)17(15)19(14)28-21(29)22(3,4)5/h7H,8-11H2,1-6H3,(H,23,24). The molecule has 29 heavy (non-hydrogen) atoms. The van der Waals surface area contributed by atoms with Crippen LogP contribution in [0.2, 0.25) is 0 Å². The number of thiocarbonyl (C=S) groups is 1. The highest BCUT2D eigenvalue weighted by atomic mass is 32.1. The number of fused-ring (bicyclic) bond motifs is 1. The lowest BCUT2D eigenvalue weighted by molar-refractivity contribution is -0.136. The van der Waals surface area contributed by atoms with Gasteiger partial charge < -0.3 is 19.3 Å². The Labute approximate surface area is 176 Å². The molecule has 0 unspecified atom stereocenters. The summed E-state index contributed by atoms with van der Waals surface area (Å²) in [6, 6.07) is 0. The summed E-state index contributed by atoms with van der Waals surface area (Å²) in [5, 5.41) is 9.25. The SMILES string of the molecule is COc1c(C)c2c(c(OC(=S)C(C)(C)C)c1CC=C(C)CCC(=O)O)C(=O)OC2. The van der Waals surface area contributed by atoms with Gasteiger partial charge >= 0.3 is 11.9 Å². The lowest BCUT2D eigenvalue weighted by Crippen LogP contribution is -2.25. The Morgan fingerprint density at radius 3 is 2.48 bits per heavy atom. The highest BCUT2D eigenvalue weighted by molar-refractivity contribution is 7.80. The fourth-order valence-electron chi connectivity index (χ4n) is 3.05. The minimum Gasteiger partial charge on any atom is -0.496 e. The molecule has 158 valence electrons. The number of aliphatic carboxylic acids is 1. The normalized spacial score (nSPS) is 13.7. The number of hydrogen-bond acceptors (Lipinski definition) is 6. The zero-order valence-corrected chi connectivity index (χ0v) is 18.6. The first-order valence-electron chi connectivity index (χ1n) is 9.46. The van der Waals surface area contributed by atoms with Crippen molar-refractivity contribution < 1.29 is 28.9 Å². The van der Waals surface area contributed by atoms with E-state index >= 15 is 0 Å². The largest absolute Gasteiger partial charge is 0.496 e. The van der Waals surface area contributed by atoms with E-state index in [9.17, 15) is 9.59 Å². The average Bonchev–Trinajstić information content (AvgIpc) is 3.01. The molecule has 0 aliphatic carbocycles. The molecular weight excluding hydrogens is 392 g/mol. The highest BCUT2D eigenvalue weighted by Gasteiger charge is 2.34. The van der Waals surface area contributed by atoms with Crippen molar-refractivity contribution in [2.75, 3.05) is 7.11 Å². The first-order chi connectivity index (χ1) is 13.5. The van der Waals surface area contributed by atoms with E-state index in [1.54, 1.807) is 7.11 Å². The second-order valence-electron chi connectivity index (χ2n) is 8.18. The number of methoxy groups -OCH3 is 1. The number of carbonyl (C=O) groups is 2. The van der Waals surface area contributed by atoms with Crippen LogP contribution in [0.15, 0.2) is 11.6 Å². The van der Waals surface area contributed by atoms with Crippen molar-refractivity contribution in [3.05, 3.63) is 33.9 Å². The summed E-state index contributed by atoms with van der Waals surface area (Å²) in [5.74, 6) is -0.292. The molecule has 0 saturated heterocycles. The van der Waals surface area contributed by atoms with Crippen LogP contribution in [-0.2, 0) is 22.6 Å². The number of cyclic esters (lactones) is 1. The first-order valence-corrected chi connectivity index (χ1v) is 9.87. The van der Waals surface area contributed by atoms with Crippen LogP contribution in [0, 0.1) is 12.3 Å². The number of carboxylic acid groups (broad SMARTS) is 1. The molecule has 1 aliphatic rings. The van der Waals surface area contributed by atoms with Crippen LogP contribution < -0.4 is 9.47 Å². The molecule has 0 amide bonds. The Morgan fingerprint density at radius 1 is 1.28 bits per heavy atom. The summed E-state index contributed by atoms with van der Waals surface area (Å²) in [5.41, 5.74) is 3.20. The number of esters is 1. The fraction of sp³-hybridized carbons (Fsp3) is 0.500. The van der Waals surface area contributed by atoms with Crippen LogP contribution in [0.1, 0.15) is 67.6 Å². The van der Waals surface area contributed by atoms with E-state index in [-0.39, 0.29) is 13.0 Å². The van der Waals surface area contributed by atoms with E-state index in [0.717, 1.165) is 16.7 Å². The Bertz CT molecular complexity index is 877. The van der Waals surface area contributed by atoms with E-state index in [1.165, 1.54) is 0 Å². The predicted octanol–water partition coefficient (Wildman–Crippen LogP) is 4.78. The summed E-state index contributed by atoms with van der Waals surface area (Å²) in [4.78, 5) is 23.3. The number of ether oxygens (including phenoxy) is 3. The molecule has 1 aromatic rings. The molecule has 6 nitrogen and oxygen atoms in total. The molecule has 2 rings (SSSR count). The van der Waals surface area contributed by atoms with Crippen LogP contribution in [0.4, 0.5) is 0 Å². The van der Waals surface area contributed by atoms with E-state index < -0.39 is 17.4 Å². The van der Waals surface area contributed by atoms with Crippen molar-refractivity contribution in [2.45, 2.75) is 60.5 Å². The van der Waals surface area contributed by atoms with Gasteiger partial charge in [0.25, 0.3) is 0 Å². The molecule has 0 saturated carbocycles. The van der Waals surface area contributed by atoms with Gasteiger partial charge in [-0.05, 0) is 44.5 Å². The van der Waals surface area contributed by atoms with Gasteiger partial charge in [0.05, 0.1) is 7.11 Å². The van der Waals surface area contributed by atoms with E-state index in [2.05, 4.69) is 0 Å². The molecule has 0 spiro atoms. The van der Waals surface area contributed by atoms with Gasteiger partial charge in [0, 0.05) is 23.0 Å². The zero-order chi connectivity index (χ0) is 21.9. The molecule has 1 aromatic carbocycles. The zero-order valence-electron chi connectivity index (χ0n) is 17.8. The first kappa shape index (κ1) is 22.9. The average molecular weight is 421 g/mol. The van der Waals surface area contributed by atoms with Crippen LogP contribution in [0.25, 0.3) is 0 Å². The van der Waals surface area contributed by atoms with Crippen molar-refractivity contribution in [3.8, 4) is 11.5 Å². The maximum absolute atomic E-state index is 12.5. The summed E-state index contributed by atoms with van der Waals surface area (Å²) < 4.78 is 17.0. The molecule has 1 N–H and O–H groups in total. The Hall–Kier alpha value is -2.41. The molecule has 1 aliphatic heterocycles. The van der Waals surface area contributed by atoms with E-state index in [4.69, 9.17) is 31.5 Å². The summed E-state index contributed by atoms with van der Waals surface area (Å²) in [7, 11) is 1.57. The van der Waals surface area contributed by atoms with Crippen LogP contribution in [-0.4, -0.2) is 29.2 Å². The summed E-state index contributed by atoms with van der Waals surface area (Å²) >= 11 is 5.47. The number of benzene rings is 1. The highest BCUT2D eigenvalue weighted by Crippen LogP contribution is 2.43. The van der Waals surface area contributed by atoms with Gasteiger partial charge in [-0.25, -0.2) is 4.79 Å². The quantitative estimate of drug-likeness (QED) is 0.386. The third kappa shape index (κ3) is 5.15. The van der Waals surface area contributed by atoms with Crippen LogP contribution in [0.5, 0.6) is 11.5 Å². The molecule has 7 heteroatoms. The smallest absolute Gasteiger partial charge is 0.342 e. The van der Waals surface area contributed by atoms with Gasteiger partial charge in [-0.2, -0.15) is 0 Å². The van der Waals surface area contributed by atoms with Crippen LogP contribution >= 0.6 is 12.2 Å². The number of allylic oxidation sites excluding steroid dienone is 2. The van der Waals surface area contributed by atoms with Gasteiger partial charge in [0.1, 0.15) is 23.7 Å². The minimum absolute atomic E-state index is 0.0620. The Balaban J connectivity index is 2.57. The number of rotatable bonds is 7. The van der Waals surface area contributed by atoms with Crippen molar-refractivity contribution in [1.29, 1.82) is 0 Å².